The lowest BCUT2D eigenvalue weighted by Crippen LogP contribution is -2.47. The summed E-state index contributed by atoms with van der Waals surface area (Å²) in [5.74, 6) is -1.26. The van der Waals surface area contributed by atoms with E-state index in [1.807, 2.05) is 27.7 Å². The molecule has 146 valence electrons. The maximum absolute atomic E-state index is 12.5. The van der Waals surface area contributed by atoms with Crippen LogP contribution in [0.1, 0.15) is 53.4 Å². The topological polar surface area (TPSA) is 81.2 Å². The minimum absolute atomic E-state index is 0.0376. The molecule has 0 spiro atoms. The van der Waals surface area contributed by atoms with Gasteiger partial charge >= 0.3 is 5.97 Å². The van der Waals surface area contributed by atoms with Crippen molar-refractivity contribution in [1.82, 2.24) is 14.7 Å². The predicted molar refractivity (Wildman–Crippen MR) is 98.4 cm³/mol. The Hall–Kier alpha value is -1.63. The first kappa shape index (κ1) is 23.4. The summed E-state index contributed by atoms with van der Waals surface area (Å²) in [6.45, 7) is 10.2. The van der Waals surface area contributed by atoms with Gasteiger partial charge in [-0.05, 0) is 25.7 Å². The second-order valence-electron chi connectivity index (χ2n) is 6.30. The van der Waals surface area contributed by atoms with Gasteiger partial charge in [0.1, 0.15) is 0 Å². The molecule has 0 saturated carbocycles. The molecule has 0 heterocycles. The molecule has 7 heteroatoms. The predicted octanol–water partition coefficient (Wildman–Crippen LogP) is 1.67. The van der Waals surface area contributed by atoms with E-state index in [1.165, 1.54) is 4.90 Å². The highest BCUT2D eigenvalue weighted by atomic mass is 16.4. The molecule has 2 amide bonds. The molecule has 0 aromatic carbocycles. The van der Waals surface area contributed by atoms with Crippen LogP contribution in [0.2, 0.25) is 0 Å². The molecule has 1 N–H and O–H groups in total. The van der Waals surface area contributed by atoms with Crippen LogP contribution in [0.15, 0.2) is 0 Å². The van der Waals surface area contributed by atoms with Crippen LogP contribution in [0.5, 0.6) is 0 Å². The molecule has 0 atom stereocenters. The van der Waals surface area contributed by atoms with E-state index in [-0.39, 0.29) is 31.4 Å². The Morgan fingerprint density at radius 2 is 0.960 bits per heavy atom. The number of hydrogen-bond donors (Lipinski definition) is 1. The van der Waals surface area contributed by atoms with Gasteiger partial charge in [0.15, 0.2) is 0 Å². The highest BCUT2D eigenvalue weighted by Crippen LogP contribution is 2.02. The minimum Gasteiger partial charge on any atom is -0.480 e. The number of carboxylic acid groups (broad SMARTS) is 1. The van der Waals surface area contributed by atoms with E-state index in [4.69, 9.17) is 5.11 Å². The van der Waals surface area contributed by atoms with Gasteiger partial charge in [0, 0.05) is 26.2 Å². The number of amides is 2. The summed E-state index contributed by atoms with van der Waals surface area (Å²) >= 11 is 0. The molecule has 0 saturated heterocycles. The molecule has 0 aliphatic heterocycles. The zero-order valence-electron chi connectivity index (χ0n) is 16.3. The van der Waals surface area contributed by atoms with Crippen molar-refractivity contribution in [3.05, 3.63) is 0 Å². The Kier molecular flexibility index (Phi) is 12.7. The third-order valence-corrected chi connectivity index (χ3v) is 3.76. The van der Waals surface area contributed by atoms with Gasteiger partial charge in [-0.25, -0.2) is 0 Å². The zero-order valence-corrected chi connectivity index (χ0v) is 16.3. The number of carbonyl (C=O) groups is 3. The van der Waals surface area contributed by atoms with Crippen molar-refractivity contribution in [2.24, 2.45) is 0 Å². The van der Waals surface area contributed by atoms with Gasteiger partial charge in [-0.3, -0.25) is 19.3 Å². The summed E-state index contributed by atoms with van der Waals surface area (Å²) in [7, 11) is 0. The summed E-state index contributed by atoms with van der Waals surface area (Å²) in [4.78, 5) is 41.0. The summed E-state index contributed by atoms with van der Waals surface area (Å²) in [5.41, 5.74) is 0. The van der Waals surface area contributed by atoms with Crippen molar-refractivity contribution in [3.63, 3.8) is 0 Å². The highest BCUT2D eigenvalue weighted by molar-refractivity contribution is 5.82. The number of carbonyl (C=O) groups excluding carboxylic acids is 2. The molecule has 0 aromatic rings. The van der Waals surface area contributed by atoms with Crippen LogP contribution < -0.4 is 0 Å². The Morgan fingerprint density at radius 3 is 1.20 bits per heavy atom. The monoisotopic (exact) mass is 357 g/mol. The first-order valence-electron chi connectivity index (χ1n) is 9.39. The lowest BCUT2D eigenvalue weighted by atomic mass is 10.3. The maximum Gasteiger partial charge on any atom is 0.317 e. The zero-order chi connectivity index (χ0) is 19.2. The van der Waals surface area contributed by atoms with Crippen LogP contribution in [0.4, 0.5) is 0 Å². The molecule has 0 unspecified atom stereocenters. The van der Waals surface area contributed by atoms with E-state index in [0.29, 0.717) is 26.2 Å². The van der Waals surface area contributed by atoms with E-state index in [9.17, 15) is 14.4 Å². The number of carboxylic acids is 1. The van der Waals surface area contributed by atoms with E-state index in [1.54, 1.807) is 9.80 Å². The van der Waals surface area contributed by atoms with Crippen molar-refractivity contribution < 1.29 is 19.5 Å². The Balaban J connectivity index is 4.95. The van der Waals surface area contributed by atoms with E-state index in [2.05, 4.69) is 0 Å². The fourth-order valence-corrected chi connectivity index (χ4v) is 2.74. The lowest BCUT2D eigenvalue weighted by Gasteiger charge is -2.28. The molecule has 0 aromatic heterocycles. The maximum atomic E-state index is 12.5. The second kappa shape index (κ2) is 13.6. The SMILES string of the molecule is CCCN(CCC)C(=O)CN(CC(=O)O)CC(=O)N(CCC)CCC. The number of aliphatic carboxylic acids is 1. The summed E-state index contributed by atoms with van der Waals surface area (Å²) in [6, 6.07) is 0. The smallest absolute Gasteiger partial charge is 0.317 e. The van der Waals surface area contributed by atoms with Crippen LogP contribution in [-0.2, 0) is 14.4 Å². The molecule has 0 radical (unpaired) electrons. The van der Waals surface area contributed by atoms with Crippen LogP contribution in [-0.4, -0.2) is 83.4 Å². The van der Waals surface area contributed by atoms with Crippen molar-refractivity contribution in [1.29, 1.82) is 0 Å². The van der Waals surface area contributed by atoms with Gasteiger partial charge in [0.25, 0.3) is 0 Å². The molecule has 25 heavy (non-hydrogen) atoms. The van der Waals surface area contributed by atoms with Gasteiger partial charge in [0.2, 0.25) is 11.8 Å². The molecular formula is C18H35N3O4. The van der Waals surface area contributed by atoms with E-state index < -0.39 is 5.97 Å². The van der Waals surface area contributed by atoms with E-state index in [0.717, 1.165) is 25.7 Å². The first-order chi connectivity index (χ1) is 11.9. The van der Waals surface area contributed by atoms with Gasteiger partial charge in [-0.2, -0.15) is 0 Å². The lowest BCUT2D eigenvalue weighted by molar-refractivity contribution is -0.141. The minimum atomic E-state index is -1.03. The summed E-state index contributed by atoms with van der Waals surface area (Å²) < 4.78 is 0. The van der Waals surface area contributed by atoms with Gasteiger partial charge in [-0.1, -0.05) is 27.7 Å². The second-order valence-corrected chi connectivity index (χ2v) is 6.30. The summed E-state index contributed by atoms with van der Waals surface area (Å²) in [5, 5.41) is 9.11. The molecular weight excluding hydrogens is 322 g/mol. The molecule has 0 aliphatic rings. The van der Waals surface area contributed by atoms with Crippen molar-refractivity contribution >= 4 is 17.8 Å². The number of rotatable bonds is 14. The molecule has 0 fully saturated rings. The number of hydrogen-bond acceptors (Lipinski definition) is 4. The van der Waals surface area contributed by atoms with Gasteiger partial charge in [-0.15, -0.1) is 0 Å². The largest absolute Gasteiger partial charge is 0.480 e. The third-order valence-electron chi connectivity index (χ3n) is 3.76. The van der Waals surface area contributed by atoms with Crippen LogP contribution in [0.3, 0.4) is 0 Å². The quantitative estimate of drug-likeness (QED) is 0.511. The first-order valence-corrected chi connectivity index (χ1v) is 9.39. The molecule has 0 aliphatic carbocycles. The van der Waals surface area contributed by atoms with Gasteiger partial charge < -0.3 is 14.9 Å². The third kappa shape index (κ3) is 10.1. The fourth-order valence-electron chi connectivity index (χ4n) is 2.74. The molecule has 0 bridgehead atoms. The molecule has 7 nitrogen and oxygen atoms in total. The van der Waals surface area contributed by atoms with Gasteiger partial charge in [0.05, 0.1) is 19.6 Å². The van der Waals surface area contributed by atoms with E-state index >= 15 is 0 Å². The Bertz CT molecular complexity index is 373. The highest BCUT2D eigenvalue weighted by Gasteiger charge is 2.22. The summed E-state index contributed by atoms with van der Waals surface area (Å²) in [6.07, 6.45) is 3.41. The van der Waals surface area contributed by atoms with Crippen LogP contribution in [0.25, 0.3) is 0 Å². The Morgan fingerprint density at radius 1 is 0.640 bits per heavy atom. The molecule has 0 rings (SSSR count). The average Bonchev–Trinajstić information content (AvgIpc) is 2.53. The fraction of sp³-hybridized carbons (Fsp3) is 0.833. The van der Waals surface area contributed by atoms with Crippen molar-refractivity contribution in [2.45, 2.75) is 53.4 Å². The standard InChI is InChI=1S/C18H35N3O4/c1-5-9-20(10-6-2)16(22)13-19(15-18(24)25)14-17(23)21(11-7-3)12-8-4/h5-15H2,1-4H3,(H,24,25). The van der Waals surface area contributed by atoms with Crippen LogP contribution in [0, 0.1) is 0 Å². The van der Waals surface area contributed by atoms with Crippen molar-refractivity contribution in [2.75, 3.05) is 45.8 Å². The normalized spacial score (nSPS) is 10.8. The number of nitrogens with zero attached hydrogens (tertiary/aromatic N) is 3. The Labute approximate surface area is 152 Å². The van der Waals surface area contributed by atoms with Crippen molar-refractivity contribution in [3.8, 4) is 0 Å². The average molecular weight is 357 g/mol. The van der Waals surface area contributed by atoms with Crippen LogP contribution >= 0.6 is 0 Å².